The van der Waals surface area contributed by atoms with Crippen molar-refractivity contribution in [2.24, 2.45) is 0 Å². The van der Waals surface area contributed by atoms with E-state index in [2.05, 4.69) is 5.10 Å². The summed E-state index contributed by atoms with van der Waals surface area (Å²) in [7, 11) is 0. The standard InChI is InChI=1S/C6H7ClN2O/c1-4-3-6(7)5(2)8-9(4)10/h3H,1-2H3. The second-order valence-corrected chi connectivity index (χ2v) is 2.50. The molecule has 0 aliphatic carbocycles. The lowest BCUT2D eigenvalue weighted by Crippen LogP contribution is -2.35. The summed E-state index contributed by atoms with van der Waals surface area (Å²) in [5.41, 5.74) is 1.07. The van der Waals surface area contributed by atoms with E-state index < -0.39 is 0 Å². The summed E-state index contributed by atoms with van der Waals surface area (Å²) in [4.78, 5) is 0.557. The van der Waals surface area contributed by atoms with Crippen molar-refractivity contribution in [2.45, 2.75) is 13.8 Å². The molecule has 3 nitrogen and oxygen atoms in total. The van der Waals surface area contributed by atoms with Gasteiger partial charge in [-0.2, -0.15) is 0 Å². The molecule has 4 heteroatoms. The average molecular weight is 159 g/mol. The van der Waals surface area contributed by atoms with Gasteiger partial charge in [0.1, 0.15) is 5.69 Å². The molecule has 54 valence electrons. The molecule has 0 N–H and O–H groups in total. The quantitative estimate of drug-likeness (QED) is 0.417. The van der Waals surface area contributed by atoms with Gasteiger partial charge in [-0.25, -0.2) is 0 Å². The summed E-state index contributed by atoms with van der Waals surface area (Å²) >= 11 is 5.67. The predicted octanol–water partition coefficient (Wildman–Crippen LogP) is 0.985. The third kappa shape index (κ3) is 1.19. The highest BCUT2D eigenvalue weighted by atomic mass is 35.5. The van der Waals surface area contributed by atoms with E-state index in [-0.39, 0.29) is 0 Å². The van der Waals surface area contributed by atoms with Crippen molar-refractivity contribution in [3.05, 3.63) is 27.7 Å². The number of aryl methyl sites for hydroxylation is 2. The van der Waals surface area contributed by atoms with Crippen LogP contribution in [0.5, 0.6) is 0 Å². The van der Waals surface area contributed by atoms with Crippen LogP contribution in [0.2, 0.25) is 5.02 Å². The molecule has 0 aromatic carbocycles. The van der Waals surface area contributed by atoms with Crippen LogP contribution in [0.4, 0.5) is 0 Å². The molecule has 1 heterocycles. The zero-order valence-electron chi connectivity index (χ0n) is 5.76. The molecule has 0 saturated carbocycles. The number of rotatable bonds is 0. The minimum Gasteiger partial charge on any atom is -0.594 e. The second-order valence-electron chi connectivity index (χ2n) is 2.09. The molecule has 0 radical (unpaired) electrons. The fourth-order valence-electron chi connectivity index (χ4n) is 0.606. The van der Waals surface area contributed by atoms with Crippen molar-refractivity contribution in [2.75, 3.05) is 0 Å². The molecule has 0 bridgehead atoms. The Labute approximate surface area is 63.8 Å². The lowest BCUT2D eigenvalue weighted by Gasteiger charge is -1.98. The van der Waals surface area contributed by atoms with Gasteiger partial charge in [-0.05, 0) is 6.92 Å². The van der Waals surface area contributed by atoms with Gasteiger partial charge in [-0.15, -0.1) is 0 Å². The minimum atomic E-state index is 0.510. The van der Waals surface area contributed by atoms with Crippen molar-refractivity contribution in [1.82, 2.24) is 5.10 Å². The fraction of sp³-hybridized carbons (Fsp3) is 0.333. The maximum absolute atomic E-state index is 10.7. The molecule has 0 atom stereocenters. The third-order valence-corrected chi connectivity index (χ3v) is 1.61. The summed E-state index contributed by atoms with van der Waals surface area (Å²) in [5, 5.41) is 14.9. The van der Waals surface area contributed by atoms with Crippen molar-refractivity contribution in [3.8, 4) is 0 Å². The van der Waals surface area contributed by atoms with E-state index in [0.29, 0.717) is 21.3 Å². The van der Waals surface area contributed by atoms with Crippen molar-refractivity contribution < 1.29 is 4.85 Å². The molecular weight excluding hydrogens is 152 g/mol. The summed E-state index contributed by atoms with van der Waals surface area (Å²) < 4.78 is 0. The van der Waals surface area contributed by atoms with Gasteiger partial charge in [0.25, 0.3) is 0 Å². The molecule has 0 saturated heterocycles. The molecule has 1 aromatic heterocycles. The Bertz CT molecular complexity index is 212. The smallest absolute Gasteiger partial charge is 0.220 e. The molecule has 0 fully saturated rings. The Morgan fingerprint density at radius 1 is 1.60 bits per heavy atom. The van der Waals surface area contributed by atoms with Gasteiger partial charge in [-0.3, -0.25) is 0 Å². The maximum Gasteiger partial charge on any atom is 0.220 e. The highest BCUT2D eigenvalue weighted by Gasteiger charge is 2.04. The monoisotopic (exact) mass is 158 g/mol. The maximum atomic E-state index is 10.7. The Kier molecular flexibility index (Phi) is 1.76. The lowest BCUT2D eigenvalue weighted by atomic mass is 10.4. The number of hydrogen-bond acceptors (Lipinski definition) is 2. The lowest BCUT2D eigenvalue weighted by molar-refractivity contribution is -0.676. The number of hydrogen-bond donors (Lipinski definition) is 0. The molecule has 0 aliphatic rings. The third-order valence-electron chi connectivity index (χ3n) is 1.22. The first kappa shape index (κ1) is 7.28. The Balaban J connectivity index is 3.28. The van der Waals surface area contributed by atoms with E-state index in [1.165, 1.54) is 0 Å². The first-order valence-corrected chi connectivity index (χ1v) is 3.22. The van der Waals surface area contributed by atoms with Crippen LogP contribution >= 0.6 is 11.6 Å². The largest absolute Gasteiger partial charge is 0.594 e. The highest BCUT2D eigenvalue weighted by Crippen LogP contribution is 2.09. The van der Waals surface area contributed by atoms with Gasteiger partial charge in [-0.1, -0.05) is 16.4 Å². The van der Waals surface area contributed by atoms with E-state index in [0.717, 1.165) is 0 Å². The molecular formula is C6H7ClN2O. The average Bonchev–Trinajstić information content (AvgIpc) is 1.84. The molecule has 1 rings (SSSR count). The fourth-order valence-corrected chi connectivity index (χ4v) is 0.802. The molecule has 0 unspecified atom stereocenters. The van der Waals surface area contributed by atoms with E-state index >= 15 is 0 Å². The van der Waals surface area contributed by atoms with Crippen molar-refractivity contribution in [3.63, 3.8) is 0 Å². The van der Waals surface area contributed by atoms with Gasteiger partial charge in [0.15, 0.2) is 0 Å². The highest BCUT2D eigenvalue weighted by molar-refractivity contribution is 6.31. The van der Waals surface area contributed by atoms with E-state index in [1.807, 2.05) is 0 Å². The molecule has 1 aromatic rings. The number of nitrogens with zero attached hydrogens (tertiary/aromatic N) is 2. The van der Waals surface area contributed by atoms with Crippen LogP contribution in [0.1, 0.15) is 11.4 Å². The van der Waals surface area contributed by atoms with Crippen molar-refractivity contribution >= 4 is 11.6 Å². The van der Waals surface area contributed by atoms with E-state index in [4.69, 9.17) is 11.6 Å². The Hall–Kier alpha value is -0.830. The molecule has 0 aliphatic heterocycles. The molecule has 0 spiro atoms. The van der Waals surface area contributed by atoms with Crippen LogP contribution in [0.15, 0.2) is 6.07 Å². The van der Waals surface area contributed by atoms with Crippen LogP contribution in [0.3, 0.4) is 0 Å². The summed E-state index contributed by atoms with van der Waals surface area (Å²) in [6.07, 6.45) is 0. The van der Waals surface area contributed by atoms with E-state index in [1.54, 1.807) is 19.9 Å². The summed E-state index contributed by atoms with van der Waals surface area (Å²) in [5.74, 6) is 0. The zero-order chi connectivity index (χ0) is 7.72. The molecule has 10 heavy (non-hydrogen) atoms. The summed E-state index contributed by atoms with van der Waals surface area (Å²) in [6.45, 7) is 3.35. The Morgan fingerprint density at radius 2 is 2.20 bits per heavy atom. The van der Waals surface area contributed by atoms with Gasteiger partial charge < -0.3 is 5.21 Å². The zero-order valence-corrected chi connectivity index (χ0v) is 6.51. The van der Waals surface area contributed by atoms with E-state index in [9.17, 15) is 5.21 Å². The second kappa shape index (κ2) is 2.42. The first-order chi connectivity index (χ1) is 4.61. The van der Waals surface area contributed by atoms with Crippen LogP contribution in [0, 0.1) is 19.1 Å². The van der Waals surface area contributed by atoms with Gasteiger partial charge in [0.2, 0.25) is 5.69 Å². The minimum absolute atomic E-state index is 0.510. The summed E-state index contributed by atoms with van der Waals surface area (Å²) in [6, 6.07) is 1.59. The van der Waals surface area contributed by atoms with Crippen LogP contribution in [-0.4, -0.2) is 5.10 Å². The molecule has 0 amide bonds. The van der Waals surface area contributed by atoms with Gasteiger partial charge >= 0.3 is 0 Å². The normalized spacial score (nSPS) is 9.90. The predicted molar refractivity (Wildman–Crippen MR) is 37.7 cm³/mol. The number of halogens is 1. The van der Waals surface area contributed by atoms with Gasteiger partial charge in [0, 0.05) is 18.1 Å². The first-order valence-electron chi connectivity index (χ1n) is 2.85. The number of aromatic nitrogens is 2. The SMILES string of the molecule is Cc1n[n+]([O-])c(C)cc1Cl. The van der Waals surface area contributed by atoms with Crippen LogP contribution in [0.25, 0.3) is 0 Å². The van der Waals surface area contributed by atoms with Crippen LogP contribution in [-0.2, 0) is 0 Å². The topological polar surface area (TPSA) is 39.8 Å². The van der Waals surface area contributed by atoms with Gasteiger partial charge in [0.05, 0.1) is 5.02 Å². The van der Waals surface area contributed by atoms with Crippen molar-refractivity contribution in [1.29, 1.82) is 0 Å². The van der Waals surface area contributed by atoms with Crippen LogP contribution < -0.4 is 4.85 Å². The Morgan fingerprint density at radius 3 is 2.70 bits per heavy atom.